The van der Waals surface area contributed by atoms with E-state index in [-0.39, 0.29) is 23.0 Å². The van der Waals surface area contributed by atoms with Crippen molar-refractivity contribution in [2.24, 2.45) is 5.92 Å². The summed E-state index contributed by atoms with van der Waals surface area (Å²) in [5, 5.41) is 14.3. The molecule has 1 N–H and O–H groups in total. The number of nitrogens with zero attached hydrogens (tertiary/aromatic N) is 4. The first-order chi connectivity index (χ1) is 13.7. The smallest absolute Gasteiger partial charge is 0.269 e. The highest BCUT2D eigenvalue weighted by molar-refractivity contribution is 5.85. The van der Waals surface area contributed by atoms with Gasteiger partial charge >= 0.3 is 0 Å². The van der Waals surface area contributed by atoms with Crippen LogP contribution in [0.1, 0.15) is 25.7 Å². The molecule has 162 valence electrons. The topological polar surface area (TPSA) is 64.9 Å². The average Bonchev–Trinajstić information content (AvgIpc) is 2.75. The van der Waals surface area contributed by atoms with Crippen molar-refractivity contribution >= 4 is 23.8 Å². The molecule has 1 aromatic carbocycles. The van der Waals surface area contributed by atoms with E-state index in [1.54, 1.807) is 12.1 Å². The summed E-state index contributed by atoms with van der Waals surface area (Å²) in [5.74, 6) is 0.892. The fraction of sp³-hybridized carbons (Fsp3) is 0.714. The van der Waals surface area contributed by atoms with E-state index in [0.29, 0.717) is 0 Å². The summed E-state index contributed by atoms with van der Waals surface area (Å²) in [6, 6.07) is 7.71. The Labute approximate surface area is 180 Å². The summed E-state index contributed by atoms with van der Waals surface area (Å²) >= 11 is 0. The molecular weight excluding hydrogens is 390 g/mol. The largest absolute Gasteiger partial charge is 0.369 e. The molecule has 0 aromatic heterocycles. The number of nitrogens with one attached hydrogen (secondary N) is 1. The number of anilines is 1. The summed E-state index contributed by atoms with van der Waals surface area (Å²) in [5.41, 5.74) is 1.26. The number of nitro groups is 1. The van der Waals surface area contributed by atoms with Crippen LogP contribution in [0.15, 0.2) is 24.3 Å². The Hall–Kier alpha value is -1.41. The standard InChI is InChI=1S/C21H33N5O2.ClH/c27-26(28)21-3-1-19(2-4-21)24-13-15-25(16-14-24)20-7-11-23(12-8-20)17-18-5-9-22-10-6-18;/h1-4,18,20,22H,5-17H2;1H. The van der Waals surface area contributed by atoms with Crippen molar-refractivity contribution in [2.75, 3.05) is 63.8 Å². The molecule has 0 radical (unpaired) electrons. The zero-order valence-corrected chi connectivity index (χ0v) is 18.0. The summed E-state index contributed by atoms with van der Waals surface area (Å²) in [4.78, 5) is 18.2. The minimum atomic E-state index is -0.334. The third-order valence-electron chi connectivity index (χ3n) is 6.79. The minimum absolute atomic E-state index is 0. The zero-order chi connectivity index (χ0) is 19.3. The first-order valence-electron chi connectivity index (χ1n) is 10.9. The fourth-order valence-corrected chi connectivity index (χ4v) is 5.03. The molecule has 3 heterocycles. The first kappa shape index (κ1) is 22.3. The van der Waals surface area contributed by atoms with Gasteiger partial charge in [0.1, 0.15) is 0 Å². The second-order valence-corrected chi connectivity index (χ2v) is 8.52. The minimum Gasteiger partial charge on any atom is -0.369 e. The number of non-ortho nitro benzene ring substituents is 1. The van der Waals surface area contributed by atoms with Crippen molar-refractivity contribution in [1.29, 1.82) is 0 Å². The van der Waals surface area contributed by atoms with Crippen LogP contribution in [0.5, 0.6) is 0 Å². The van der Waals surface area contributed by atoms with Crippen LogP contribution in [-0.4, -0.2) is 79.7 Å². The van der Waals surface area contributed by atoms with Crippen LogP contribution in [0.2, 0.25) is 0 Å². The second kappa shape index (κ2) is 10.6. The lowest BCUT2D eigenvalue weighted by atomic mass is 9.95. The van der Waals surface area contributed by atoms with Gasteiger partial charge in [-0.1, -0.05) is 0 Å². The molecule has 0 saturated carbocycles. The molecule has 3 aliphatic heterocycles. The van der Waals surface area contributed by atoms with Gasteiger partial charge in [-0.25, -0.2) is 0 Å². The third kappa shape index (κ3) is 5.81. The molecule has 29 heavy (non-hydrogen) atoms. The molecule has 8 heteroatoms. The molecule has 0 amide bonds. The zero-order valence-electron chi connectivity index (χ0n) is 17.2. The van der Waals surface area contributed by atoms with Gasteiger partial charge in [-0.2, -0.15) is 0 Å². The molecule has 4 rings (SSSR count). The maximum absolute atomic E-state index is 10.8. The monoisotopic (exact) mass is 423 g/mol. The maximum atomic E-state index is 10.8. The van der Waals surface area contributed by atoms with Gasteiger partial charge in [0, 0.05) is 56.6 Å². The fourth-order valence-electron chi connectivity index (χ4n) is 5.03. The van der Waals surface area contributed by atoms with Crippen LogP contribution in [-0.2, 0) is 0 Å². The number of piperidine rings is 2. The van der Waals surface area contributed by atoms with Gasteiger partial charge in [0.25, 0.3) is 5.69 Å². The number of hydrogen-bond acceptors (Lipinski definition) is 6. The maximum Gasteiger partial charge on any atom is 0.269 e. The Balaban J connectivity index is 0.00000240. The number of halogens is 1. The quantitative estimate of drug-likeness (QED) is 0.580. The van der Waals surface area contributed by atoms with Gasteiger partial charge in [-0.3, -0.25) is 15.0 Å². The van der Waals surface area contributed by atoms with E-state index in [0.717, 1.165) is 43.8 Å². The SMILES string of the molecule is Cl.O=[N+]([O-])c1ccc(N2CCN(C3CCN(CC4CCNCC4)CC3)CC2)cc1. The van der Waals surface area contributed by atoms with Crippen molar-refractivity contribution < 1.29 is 4.92 Å². The summed E-state index contributed by atoms with van der Waals surface area (Å²) < 4.78 is 0. The molecule has 0 unspecified atom stereocenters. The predicted molar refractivity (Wildman–Crippen MR) is 119 cm³/mol. The summed E-state index contributed by atoms with van der Waals surface area (Å²) in [6.07, 6.45) is 5.26. The normalized spacial score (nSPS) is 23.0. The van der Waals surface area contributed by atoms with Gasteiger partial charge in [0.15, 0.2) is 0 Å². The second-order valence-electron chi connectivity index (χ2n) is 8.52. The Kier molecular flexibility index (Phi) is 8.12. The van der Waals surface area contributed by atoms with Crippen LogP contribution >= 0.6 is 12.4 Å². The Morgan fingerprint density at radius 3 is 2.14 bits per heavy atom. The third-order valence-corrected chi connectivity index (χ3v) is 6.79. The number of nitro benzene ring substituents is 1. The highest BCUT2D eigenvalue weighted by atomic mass is 35.5. The molecule has 0 atom stereocenters. The van der Waals surface area contributed by atoms with E-state index in [4.69, 9.17) is 0 Å². The first-order valence-corrected chi connectivity index (χ1v) is 10.9. The predicted octanol–water partition coefficient (Wildman–Crippen LogP) is 2.60. The van der Waals surface area contributed by atoms with Gasteiger partial charge in [0.2, 0.25) is 0 Å². The van der Waals surface area contributed by atoms with Crippen LogP contribution in [0.4, 0.5) is 11.4 Å². The number of rotatable bonds is 5. The summed E-state index contributed by atoms with van der Waals surface area (Å²) in [7, 11) is 0. The summed E-state index contributed by atoms with van der Waals surface area (Å²) in [6.45, 7) is 10.4. The average molecular weight is 424 g/mol. The molecule has 0 bridgehead atoms. The molecule has 0 spiro atoms. The van der Waals surface area contributed by atoms with Gasteiger partial charge < -0.3 is 15.1 Å². The molecular formula is C21H34ClN5O2. The number of likely N-dealkylation sites (tertiary alicyclic amines) is 1. The lowest BCUT2D eigenvalue weighted by Gasteiger charge is -2.44. The molecule has 3 aliphatic rings. The van der Waals surface area contributed by atoms with E-state index in [1.165, 1.54) is 58.4 Å². The molecule has 1 aromatic rings. The Morgan fingerprint density at radius 2 is 1.55 bits per heavy atom. The number of piperazine rings is 1. The van der Waals surface area contributed by atoms with Crippen LogP contribution in [0, 0.1) is 16.0 Å². The van der Waals surface area contributed by atoms with E-state index in [9.17, 15) is 10.1 Å². The van der Waals surface area contributed by atoms with Gasteiger partial charge in [-0.05, 0) is 69.9 Å². The van der Waals surface area contributed by atoms with Crippen molar-refractivity contribution in [1.82, 2.24) is 15.1 Å². The Morgan fingerprint density at radius 1 is 0.931 bits per heavy atom. The lowest BCUT2D eigenvalue weighted by Crippen LogP contribution is -2.53. The molecule has 3 fully saturated rings. The molecule has 3 saturated heterocycles. The van der Waals surface area contributed by atoms with Crippen molar-refractivity contribution in [3.05, 3.63) is 34.4 Å². The van der Waals surface area contributed by atoms with E-state index in [1.807, 2.05) is 12.1 Å². The van der Waals surface area contributed by atoms with Crippen LogP contribution in [0.25, 0.3) is 0 Å². The van der Waals surface area contributed by atoms with Crippen LogP contribution in [0.3, 0.4) is 0 Å². The molecule has 7 nitrogen and oxygen atoms in total. The van der Waals surface area contributed by atoms with E-state index < -0.39 is 0 Å². The number of hydrogen-bond donors (Lipinski definition) is 1. The van der Waals surface area contributed by atoms with Gasteiger partial charge in [0.05, 0.1) is 4.92 Å². The Bertz CT molecular complexity index is 637. The van der Waals surface area contributed by atoms with Crippen molar-refractivity contribution in [2.45, 2.75) is 31.7 Å². The van der Waals surface area contributed by atoms with E-state index in [2.05, 4.69) is 20.0 Å². The van der Waals surface area contributed by atoms with E-state index >= 15 is 0 Å². The van der Waals surface area contributed by atoms with Crippen molar-refractivity contribution in [3.8, 4) is 0 Å². The highest BCUT2D eigenvalue weighted by Gasteiger charge is 2.28. The van der Waals surface area contributed by atoms with Crippen molar-refractivity contribution in [3.63, 3.8) is 0 Å². The molecule has 0 aliphatic carbocycles. The highest BCUT2D eigenvalue weighted by Crippen LogP contribution is 2.24. The lowest BCUT2D eigenvalue weighted by molar-refractivity contribution is -0.384. The van der Waals surface area contributed by atoms with Crippen LogP contribution < -0.4 is 10.2 Å². The van der Waals surface area contributed by atoms with Gasteiger partial charge in [-0.15, -0.1) is 12.4 Å². The number of benzene rings is 1.